The number of nitrogens with one attached hydrogen (secondary N) is 2. The Bertz CT molecular complexity index is 1030. The molecule has 30 heavy (non-hydrogen) atoms. The predicted octanol–water partition coefficient (Wildman–Crippen LogP) is 4.93. The van der Waals surface area contributed by atoms with Crippen LogP contribution in [0.25, 0.3) is 11.2 Å². The third kappa shape index (κ3) is 5.46. The number of hydrogen-bond donors (Lipinski definition) is 2. The van der Waals surface area contributed by atoms with Gasteiger partial charge >= 0.3 is 0 Å². The number of fused-ring (bicyclic) bond motifs is 1. The quantitative estimate of drug-likeness (QED) is 0.323. The van der Waals surface area contributed by atoms with Crippen molar-refractivity contribution < 1.29 is 4.74 Å². The Labute approximate surface area is 185 Å². The van der Waals surface area contributed by atoms with Crippen LogP contribution in [0.5, 0.6) is 0 Å². The zero-order chi connectivity index (χ0) is 21.3. The number of pyridine rings is 1. The van der Waals surface area contributed by atoms with E-state index in [2.05, 4.69) is 67.9 Å². The van der Waals surface area contributed by atoms with Gasteiger partial charge in [0.25, 0.3) is 0 Å². The Morgan fingerprint density at radius 1 is 1.27 bits per heavy atom. The molecule has 3 aromatic heterocycles. The van der Waals surface area contributed by atoms with E-state index >= 15 is 0 Å². The van der Waals surface area contributed by atoms with Crippen LogP contribution in [0.1, 0.15) is 31.5 Å². The van der Waals surface area contributed by atoms with E-state index in [0.717, 1.165) is 51.6 Å². The Hall–Kier alpha value is -2.71. The van der Waals surface area contributed by atoms with Gasteiger partial charge in [-0.2, -0.15) is 9.61 Å². The Balaban J connectivity index is 1.80. The number of nitrogens with zero attached hydrogens (tertiary/aromatic N) is 4. The molecule has 3 aromatic rings. The minimum Gasteiger partial charge on any atom is -0.383 e. The van der Waals surface area contributed by atoms with Crippen molar-refractivity contribution in [2.75, 3.05) is 30.9 Å². The van der Waals surface area contributed by atoms with Gasteiger partial charge < -0.3 is 15.4 Å². The summed E-state index contributed by atoms with van der Waals surface area (Å²) >= 11 is 3.55. The van der Waals surface area contributed by atoms with Crippen LogP contribution >= 0.6 is 15.9 Å². The number of anilines is 2. The molecule has 0 unspecified atom stereocenters. The van der Waals surface area contributed by atoms with Gasteiger partial charge in [0, 0.05) is 32.5 Å². The molecule has 0 spiro atoms. The molecule has 0 radical (unpaired) electrons. The number of aromatic nitrogens is 4. The highest BCUT2D eigenvalue weighted by molar-refractivity contribution is 9.10. The van der Waals surface area contributed by atoms with Crippen molar-refractivity contribution in [2.45, 2.75) is 26.8 Å². The summed E-state index contributed by atoms with van der Waals surface area (Å²) in [4.78, 5) is 9.24. The maximum absolute atomic E-state index is 5.04. The van der Waals surface area contributed by atoms with Gasteiger partial charge in [0.05, 0.1) is 23.0 Å². The fraction of sp³-hybridized carbons (Fsp3) is 0.318. The summed E-state index contributed by atoms with van der Waals surface area (Å²) in [7, 11) is 1.68. The van der Waals surface area contributed by atoms with Crippen LogP contribution in [-0.4, -0.2) is 39.8 Å². The first kappa shape index (κ1) is 22.0. The highest BCUT2D eigenvalue weighted by Gasteiger charge is 2.11. The lowest BCUT2D eigenvalue weighted by atomic mass is 10.1. The number of methoxy groups -OCH3 is 1. The molecule has 0 saturated heterocycles. The smallest absolute Gasteiger partial charge is 0.172 e. The molecule has 3 heterocycles. The molecule has 0 amide bonds. The second-order valence-electron chi connectivity index (χ2n) is 6.63. The van der Waals surface area contributed by atoms with Crippen molar-refractivity contribution in [2.24, 2.45) is 0 Å². The van der Waals surface area contributed by atoms with E-state index in [1.165, 1.54) is 0 Å². The van der Waals surface area contributed by atoms with Gasteiger partial charge in [-0.1, -0.05) is 31.2 Å². The molecular formula is C22H27BrN6O. The van der Waals surface area contributed by atoms with Crippen LogP contribution in [0, 0.1) is 0 Å². The fourth-order valence-corrected chi connectivity index (χ4v) is 3.24. The second-order valence-corrected chi connectivity index (χ2v) is 7.49. The minimum atomic E-state index is 0.622. The van der Waals surface area contributed by atoms with Gasteiger partial charge in [-0.05, 0) is 46.5 Å². The summed E-state index contributed by atoms with van der Waals surface area (Å²) in [5, 5.41) is 11.1. The lowest BCUT2D eigenvalue weighted by Crippen LogP contribution is -2.10. The molecule has 158 valence electrons. The van der Waals surface area contributed by atoms with Gasteiger partial charge in [-0.15, -0.1) is 0 Å². The van der Waals surface area contributed by atoms with Crippen LogP contribution in [0.15, 0.2) is 53.3 Å². The van der Waals surface area contributed by atoms with Crippen molar-refractivity contribution in [3.63, 3.8) is 0 Å². The number of halogens is 1. The van der Waals surface area contributed by atoms with E-state index < -0.39 is 0 Å². The van der Waals surface area contributed by atoms with E-state index in [-0.39, 0.29) is 0 Å². The molecule has 0 saturated carbocycles. The first-order chi connectivity index (χ1) is 14.7. The van der Waals surface area contributed by atoms with Crippen LogP contribution in [0.3, 0.4) is 0 Å². The summed E-state index contributed by atoms with van der Waals surface area (Å²) < 4.78 is 7.70. The van der Waals surface area contributed by atoms with Crippen molar-refractivity contribution in [1.29, 1.82) is 0 Å². The molecule has 0 aromatic carbocycles. The second kappa shape index (κ2) is 10.9. The van der Waals surface area contributed by atoms with E-state index in [1.54, 1.807) is 17.8 Å². The third-order valence-corrected chi connectivity index (χ3v) is 5.04. The van der Waals surface area contributed by atoms with E-state index in [4.69, 9.17) is 9.72 Å². The molecule has 0 aliphatic carbocycles. The van der Waals surface area contributed by atoms with Crippen molar-refractivity contribution in [3.05, 3.63) is 64.6 Å². The Kier molecular flexibility index (Phi) is 7.98. The van der Waals surface area contributed by atoms with Crippen LogP contribution in [0.2, 0.25) is 0 Å². The summed E-state index contributed by atoms with van der Waals surface area (Å²) in [6.45, 7) is 6.14. The van der Waals surface area contributed by atoms with E-state index in [9.17, 15) is 0 Å². The van der Waals surface area contributed by atoms with Crippen molar-refractivity contribution in [3.8, 4) is 0 Å². The van der Waals surface area contributed by atoms with Crippen LogP contribution < -0.4 is 10.6 Å². The number of allylic oxidation sites excluding steroid dienone is 4. The molecule has 0 fully saturated rings. The van der Waals surface area contributed by atoms with Crippen LogP contribution in [-0.2, 0) is 11.3 Å². The highest BCUT2D eigenvalue weighted by Crippen LogP contribution is 2.24. The molecule has 3 rings (SSSR count). The van der Waals surface area contributed by atoms with Gasteiger partial charge in [-0.3, -0.25) is 0 Å². The third-order valence-electron chi connectivity index (χ3n) is 4.48. The molecule has 7 nitrogen and oxygen atoms in total. The first-order valence-electron chi connectivity index (χ1n) is 9.95. The Morgan fingerprint density at radius 3 is 2.83 bits per heavy atom. The standard InChI is InChI=1S/C22H27BrN6O/c1-4-6-7-17(5-2)19-12-21(29-22(28-19)18(23)15-27-29)26-14-16-8-9-20(25-13-16)24-10-11-30-3/h5-9,12-13,15,26H,4,10-11,14H2,1-3H3,(H,24,25)/b7-6-,17-5+. The van der Waals surface area contributed by atoms with Crippen molar-refractivity contribution >= 4 is 38.8 Å². The monoisotopic (exact) mass is 470 g/mol. The zero-order valence-corrected chi connectivity index (χ0v) is 19.1. The SMILES string of the molecule is C/C=C(\C=C/CC)c1cc(NCc2ccc(NCCOC)nc2)n2ncc(Br)c2n1. The zero-order valence-electron chi connectivity index (χ0n) is 17.5. The van der Waals surface area contributed by atoms with Gasteiger partial charge in [0.1, 0.15) is 11.6 Å². The molecule has 0 aliphatic heterocycles. The molecule has 0 bridgehead atoms. The number of rotatable bonds is 10. The van der Waals surface area contributed by atoms with E-state index in [1.807, 2.05) is 25.3 Å². The average molecular weight is 471 g/mol. The van der Waals surface area contributed by atoms with Gasteiger partial charge in [0.2, 0.25) is 0 Å². The van der Waals surface area contributed by atoms with E-state index in [0.29, 0.717) is 13.2 Å². The lowest BCUT2D eigenvalue weighted by molar-refractivity contribution is 0.210. The maximum atomic E-state index is 5.04. The van der Waals surface area contributed by atoms with Gasteiger partial charge in [-0.25, -0.2) is 9.97 Å². The summed E-state index contributed by atoms with van der Waals surface area (Å²) in [5.41, 5.74) is 3.81. The molecule has 8 heteroatoms. The fourth-order valence-electron chi connectivity index (χ4n) is 2.89. The molecular weight excluding hydrogens is 444 g/mol. The normalized spacial score (nSPS) is 12.1. The maximum Gasteiger partial charge on any atom is 0.172 e. The topological polar surface area (TPSA) is 76.4 Å². The molecule has 2 N–H and O–H groups in total. The predicted molar refractivity (Wildman–Crippen MR) is 126 cm³/mol. The van der Waals surface area contributed by atoms with Gasteiger partial charge in [0.15, 0.2) is 5.65 Å². The van der Waals surface area contributed by atoms with Crippen LogP contribution in [0.4, 0.5) is 11.6 Å². The highest BCUT2D eigenvalue weighted by atomic mass is 79.9. The molecule has 0 aliphatic rings. The van der Waals surface area contributed by atoms with Crippen molar-refractivity contribution in [1.82, 2.24) is 19.6 Å². The largest absolute Gasteiger partial charge is 0.383 e. The molecule has 0 atom stereocenters. The number of hydrogen-bond acceptors (Lipinski definition) is 6. The summed E-state index contributed by atoms with van der Waals surface area (Å²) in [6.07, 6.45) is 10.9. The summed E-state index contributed by atoms with van der Waals surface area (Å²) in [5.74, 6) is 1.70. The average Bonchev–Trinajstić information content (AvgIpc) is 3.15. The first-order valence-corrected chi connectivity index (χ1v) is 10.7. The Morgan fingerprint density at radius 2 is 2.13 bits per heavy atom. The number of ether oxygens (including phenoxy) is 1. The minimum absolute atomic E-state index is 0.622. The lowest BCUT2D eigenvalue weighted by Gasteiger charge is -2.12. The summed E-state index contributed by atoms with van der Waals surface area (Å²) in [6, 6.07) is 6.04.